The summed E-state index contributed by atoms with van der Waals surface area (Å²) in [7, 11) is -1.97. The summed E-state index contributed by atoms with van der Waals surface area (Å²) < 4.78 is 11.1. The third kappa shape index (κ3) is 7.38. The van der Waals surface area contributed by atoms with Crippen LogP contribution in [-0.2, 0) is 14.0 Å². The molecule has 0 aromatic carbocycles. The Morgan fingerprint density at radius 2 is 1.95 bits per heavy atom. The minimum absolute atomic E-state index is 0.0763. The molecule has 0 aromatic rings. The topological polar surface area (TPSA) is 55.8 Å². The summed E-state index contributed by atoms with van der Waals surface area (Å²) >= 11 is 0. The first-order chi connectivity index (χ1) is 10.0. The van der Waals surface area contributed by atoms with Gasteiger partial charge >= 0.3 is 5.97 Å². The maximum absolute atomic E-state index is 11.2. The Labute approximate surface area is 136 Å². The van der Waals surface area contributed by atoms with Crippen molar-refractivity contribution in [3.05, 3.63) is 24.8 Å². The Bertz CT molecular complexity index is 383. The van der Waals surface area contributed by atoms with Crippen LogP contribution in [0.5, 0.6) is 0 Å². The highest BCUT2D eigenvalue weighted by Crippen LogP contribution is 2.38. The first kappa shape index (κ1) is 21.1. The Morgan fingerprint density at radius 3 is 2.41 bits per heavy atom. The highest BCUT2D eigenvalue weighted by Gasteiger charge is 2.40. The molecule has 0 radical (unpaired) electrons. The molecule has 0 aliphatic carbocycles. The van der Waals surface area contributed by atoms with Gasteiger partial charge in [0, 0.05) is 6.08 Å². The van der Waals surface area contributed by atoms with E-state index in [1.165, 1.54) is 12.2 Å². The predicted octanol–water partition coefficient (Wildman–Crippen LogP) is 3.82. The average Bonchev–Trinajstić information content (AvgIpc) is 2.40. The van der Waals surface area contributed by atoms with Crippen molar-refractivity contribution < 1.29 is 19.1 Å². The van der Waals surface area contributed by atoms with Gasteiger partial charge in [0.25, 0.3) is 0 Å². The van der Waals surface area contributed by atoms with Crippen molar-refractivity contribution >= 4 is 14.3 Å². The smallest absolute Gasteiger partial charge is 0.330 e. The number of aliphatic hydroxyl groups excluding tert-OH is 1. The van der Waals surface area contributed by atoms with Gasteiger partial charge in [0.05, 0.1) is 18.8 Å². The molecule has 5 heteroatoms. The fourth-order valence-corrected chi connectivity index (χ4v) is 3.00. The molecule has 128 valence electrons. The number of esters is 1. The third-order valence-corrected chi connectivity index (χ3v) is 8.54. The lowest BCUT2D eigenvalue weighted by molar-refractivity contribution is -0.137. The van der Waals surface area contributed by atoms with Gasteiger partial charge in [0.1, 0.15) is 0 Å². The van der Waals surface area contributed by atoms with Gasteiger partial charge in [-0.3, -0.25) is 0 Å². The Hall–Kier alpha value is -0.913. The molecule has 0 aliphatic heterocycles. The van der Waals surface area contributed by atoms with E-state index in [0.29, 0.717) is 19.4 Å². The fourth-order valence-electron chi connectivity index (χ4n) is 1.64. The number of carbonyl (C=O) groups is 1. The average molecular weight is 329 g/mol. The third-order valence-electron chi connectivity index (χ3n) is 4.03. The standard InChI is InChI=1S/C17H32O4Si/c1-8-14(18)15(21-22(6,7)17(3,4)5)12-10-11-13-16(19)20-9-2/h8,11,13-15,18H,1,9-10,12H2,2-7H3/b13-11+/t14-,15-/m0/s1. The molecule has 0 spiro atoms. The summed E-state index contributed by atoms with van der Waals surface area (Å²) in [5, 5.41) is 10.2. The summed E-state index contributed by atoms with van der Waals surface area (Å²) in [6.07, 6.45) is 4.96. The fraction of sp³-hybridized carbons (Fsp3) is 0.706. The van der Waals surface area contributed by atoms with E-state index in [0.717, 1.165) is 0 Å². The molecule has 0 aliphatic rings. The Balaban J connectivity index is 4.68. The lowest BCUT2D eigenvalue weighted by atomic mass is 10.1. The van der Waals surface area contributed by atoms with E-state index in [1.807, 2.05) is 0 Å². The molecule has 0 fully saturated rings. The molecular weight excluding hydrogens is 296 g/mol. The van der Waals surface area contributed by atoms with E-state index in [9.17, 15) is 9.90 Å². The highest BCUT2D eigenvalue weighted by molar-refractivity contribution is 6.74. The van der Waals surface area contributed by atoms with Crippen LogP contribution in [0, 0.1) is 0 Å². The molecule has 0 bridgehead atoms. The van der Waals surface area contributed by atoms with Crippen LogP contribution in [0.4, 0.5) is 0 Å². The SMILES string of the molecule is C=C[C@H](O)[C@H](CC/C=C/C(=O)OCC)O[Si](C)(C)C(C)(C)C. The molecule has 0 amide bonds. The van der Waals surface area contributed by atoms with Crippen LogP contribution in [0.3, 0.4) is 0 Å². The van der Waals surface area contributed by atoms with Crippen LogP contribution in [0.25, 0.3) is 0 Å². The normalized spacial score (nSPS) is 15.6. The van der Waals surface area contributed by atoms with Crippen molar-refractivity contribution in [3.8, 4) is 0 Å². The lowest BCUT2D eigenvalue weighted by Gasteiger charge is -2.40. The van der Waals surface area contributed by atoms with Crippen LogP contribution in [0.2, 0.25) is 18.1 Å². The zero-order valence-corrected chi connectivity index (χ0v) is 15.9. The molecule has 4 nitrogen and oxygen atoms in total. The largest absolute Gasteiger partial charge is 0.463 e. The highest BCUT2D eigenvalue weighted by atomic mass is 28.4. The van der Waals surface area contributed by atoms with E-state index in [2.05, 4.69) is 40.4 Å². The first-order valence-electron chi connectivity index (χ1n) is 7.87. The van der Waals surface area contributed by atoms with Gasteiger partial charge in [-0.05, 0) is 37.9 Å². The van der Waals surface area contributed by atoms with Gasteiger partial charge in [-0.1, -0.05) is 32.9 Å². The number of allylic oxidation sites excluding steroid dienone is 1. The zero-order valence-electron chi connectivity index (χ0n) is 14.9. The van der Waals surface area contributed by atoms with E-state index in [4.69, 9.17) is 9.16 Å². The second-order valence-electron chi connectivity index (χ2n) is 6.87. The maximum Gasteiger partial charge on any atom is 0.330 e. The Morgan fingerprint density at radius 1 is 1.36 bits per heavy atom. The van der Waals surface area contributed by atoms with Crippen LogP contribution in [0.15, 0.2) is 24.8 Å². The van der Waals surface area contributed by atoms with Crippen molar-refractivity contribution in [2.45, 2.75) is 70.9 Å². The molecular formula is C17H32O4Si. The van der Waals surface area contributed by atoms with Crippen LogP contribution >= 0.6 is 0 Å². The van der Waals surface area contributed by atoms with Crippen molar-refractivity contribution in [2.75, 3.05) is 6.61 Å². The molecule has 0 rings (SSSR count). The zero-order chi connectivity index (χ0) is 17.4. The predicted molar refractivity (Wildman–Crippen MR) is 93.3 cm³/mol. The van der Waals surface area contributed by atoms with Crippen molar-refractivity contribution in [1.29, 1.82) is 0 Å². The van der Waals surface area contributed by atoms with Gasteiger partial charge in [0.2, 0.25) is 0 Å². The molecule has 0 saturated carbocycles. The van der Waals surface area contributed by atoms with Gasteiger partial charge in [-0.15, -0.1) is 6.58 Å². The number of ether oxygens (including phenoxy) is 1. The second kappa shape index (κ2) is 9.28. The minimum Gasteiger partial charge on any atom is -0.463 e. The molecule has 0 aromatic heterocycles. The molecule has 2 atom stereocenters. The number of carbonyl (C=O) groups excluding carboxylic acids is 1. The van der Waals surface area contributed by atoms with Crippen molar-refractivity contribution in [1.82, 2.24) is 0 Å². The van der Waals surface area contributed by atoms with E-state index in [-0.39, 0.29) is 17.1 Å². The van der Waals surface area contributed by atoms with Gasteiger partial charge < -0.3 is 14.3 Å². The number of hydrogen-bond acceptors (Lipinski definition) is 4. The molecule has 1 N–H and O–H groups in total. The monoisotopic (exact) mass is 328 g/mol. The van der Waals surface area contributed by atoms with Crippen LogP contribution in [0.1, 0.15) is 40.5 Å². The molecule has 0 saturated heterocycles. The van der Waals surface area contributed by atoms with E-state index < -0.39 is 14.4 Å². The summed E-state index contributed by atoms with van der Waals surface area (Å²) in [5.74, 6) is -0.339. The number of aliphatic hydroxyl groups is 1. The quantitative estimate of drug-likeness (QED) is 0.302. The van der Waals surface area contributed by atoms with Gasteiger partial charge in [0.15, 0.2) is 8.32 Å². The Kier molecular flexibility index (Phi) is 8.89. The van der Waals surface area contributed by atoms with Crippen molar-refractivity contribution in [2.24, 2.45) is 0 Å². The van der Waals surface area contributed by atoms with Gasteiger partial charge in [-0.2, -0.15) is 0 Å². The summed E-state index contributed by atoms with van der Waals surface area (Å²) in [6, 6.07) is 0. The maximum atomic E-state index is 11.2. The summed E-state index contributed by atoms with van der Waals surface area (Å²) in [4.78, 5) is 11.2. The molecule has 0 heterocycles. The molecule has 22 heavy (non-hydrogen) atoms. The van der Waals surface area contributed by atoms with E-state index >= 15 is 0 Å². The molecule has 0 unspecified atom stereocenters. The van der Waals surface area contributed by atoms with Crippen LogP contribution < -0.4 is 0 Å². The van der Waals surface area contributed by atoms with E-state index in [1.54, 1.807) is 13.0 Å². The number of rotatable bonds is 9. The second-order valence-corrected chi connectivity index (χ2v) is 11.6. The summed E-state index contributed by atoms with van der Waals surface area (Å²) in [6.45, 7) is 16.6. The first-order valence-corrected chi connectivity index (χ1v) is 10.8. The lowest BCUT2D eigenvalue weighted by Crippen LogP contribution is -2.46. The van der Waals surface area contributed by atoms with Crippen LogP contribution in [-0.4, -0.2) is 38.2 Å². The van der Waals surface area contributed by atoms with Crippen molar-refractivity contribution in [3.63, 3.8) is 0 Å². The number of hydrogen-bond donors (Lipinski definition) is 1. The minimum atomic E-state index is -1.97. The summed E-state index contributed by atoms with van der Waals surface area (Å²) in [5.41, 5.74) is 0. The van der Waals surface area contributed by atoms with Gasteiger partial charge in [-0.25, -0.2) is 4.79 Å².